The summed E-state index contributed by atoms with van der Waals surface area (Å²) in [5.74, 6) is -0.465. The molecular weight excluding hydrogens is 461 g/mol. The molecule has 184 valence electrons. The molecule has 0 aromatic heterocycles. The number of halogens is 3. The molecule has 0 aliphatic heterocycles. The van der Waals surface area contributed by atoms with Crippen molar-refractivity contribution in [3.8, 4) is 5.75 Å². The summed E-state index contributed by atoms with van der Waals surface area (Å²) in [5, 5.41) is 0. The number of alkyl halides is 3. The number of ether oxygens (including phenoxy) is 2. The number of carbonyl (C=O) groups is 1. The molecule has 0 amide bonds. The van der Waals surface area contributed by atoms with Crippen molar-refractivity contribution in [1.29, 1.82) is 0 Å². The molecule has 0 heterocycles. The smallest absolute Gasteiger partial charge is 0.419 e. The molecule has 5 unspecified atom stereocenters. The van der Waals surface area contributed by atoms with Gasteiger partial charge in [0.25, 0.3) is 10.1 Å². The summed E-state index contributed by atoms with van der Waals surface area (Å²) in [6, 6.07) is 2.83. The van der Waals surface area contributed by atoms with E-state index in [4.69, 9.17) is 14.0 Å². The first kappa shape index (κ1) is 24.3. The minimum absolute atomic E-state index is 0.0134. The maximum atomic E-state index is 13.8. The van der Waals surface area contributed by atoms with E-state index < -0.39 is 51.5 Å². The first-order valence-electron chi connectivity index (χ1n) is 11.3. The lowest BCUT2D eigenvalue weighted by Gasteiger charge is -2.46. The van der Waals surface area contributed by atoms with Gasteiger partial charge < -0.3 is 9.47 Å². The number of fused-ring (bicyclic) bond motifs is 5. The Bertz CT molecular complexity index is 1020. The number of esters is 1. The fraction of sp³-hybridized carbons (Fsp3) is 0.696. The summed E-state index contributed by atoms with van der Waals surface area (Å²) in [7, 11) is -4.33. The summed E-state index contributed by atoms with van der Waals surface area (Å²) >= 11 is 0. The lowest BCUT2D eigenvalue weighted by Crippen LogP contribution is -2.50. The van der Waals surface area contributed by atoms with E-state index in [0.29, 0.717) is 24.2 Å². The van der Waals surface area contributed by atoms with Crippen molar-refractivity contribution in [2.75, 3.05) is 12.4 Å². The second kappa shape index (κ2) is 8.45. The number of rotatable bonds is 7. The van der Waals surface area contributed by atoms with Crippen LogP contribution in [0.2, 0.25) is 0 Å². The number of benzene rings is 1. The molecule has 10 heteroatoms. The molecule has 3 aliphatic carbocycles. The molecule has 0 radical (unpaired) electrons. The first-order valence-corrected chi connectivity index (χ1v) is 13.0. The van der Waals surface area contributed by atoms with Crippen molar-refractivity contribution in [2.45, 2.75) is 57.7 Å². The Morgan fingerprint density at radius 2 is 1.94 bits per heavy atom. The molecule has 1 N–H and O–H groups in total. The van der Waals surface area contributed by atoms with Gasteiger partial charge in [0.1, 0.15) is 23.7 Å². The van der Waals surface area contributed by atoms with Crippen LogP contribution >= 0.6 is 0 Å². The third kappa shape index (κ3) is 4.60. The van der Waals surface area contributed by atoms with Crippen molar-refractivity contribution >= 4 is 16.1 Å². The van der Waals surface area contributed by atoms with E-state index in [-0.39, 0.29) is 17.4 Å². The van der Waals surface area contributed by atoms with Crippen LogP contribution in [0.3, 0.4) is 0 Å². The van der Waals surface area contributed by atoms with E-state index in [0.717, 1.165) is 37.5 Å². The highest BCUT2D eigenvalue weighted by atomic mass is 32.2. The maximum absolute atomic E-state index is 13.8. The molecule has 5 atom stereocenters. The lowest BCUT2D eigenvalue weighted by molar-refractivity contribution is -0.142. The molecule has 2 bridgehead atoms. The SMILES string of the molecule is CC(C)C1(Oc2cc(C(=O)OCCS(=O)(=O)O)ccc2C(F)(F)F)CC2CC1C1CCCC21. The average Bonchev–Trinajstić information content (AvgIpc) is 3.38. The zero-order valence-electron chi connectivity index (χ0n) is 18.6. The highest BCUT2D eigenvalue weighted by molar-refractivity contribution is 7.85. The highest BCUT2D eigenvalue weighted by Crippen LogP contribution is 2.65. The molecule has 3 fully saturated rings. The highest BCUT2D eigenvalue weighted by Gasteiger charge is 2.63. The van der Waals surface area contributed by atoms with Crippen LogP contribution in [0.4, 0.5) is 13.2 Å². The molecule has 0 saturated heterocycles. The van der Waals surface area contributed by atoms with E-state index >= 15 is 0 Å². The monoisotopic (exact) mass is 490 g/mol. The molecular formula is C23H29F3O6S. The normalized spacial score (nSPS) is 31.1. The number of carbonyl (C=O) groups excluding carboxylic acids is 1. The van der Waals surface area contributed by atoms with Crippen molar-refractivity contribution in [1.82, 2.24) is 0 Å². The van der Waals surface area contributed by atoms with E-state index in [2.05, 4.69) is 0 Å². The van der Waals surface area contributed by atoms with Gasteiger partial charge in [0.05, 0.1) is 11.1 Å². The predicted molar refractivity (Wildman–Crippen MR) is 113 cm³/mol. The Morgan fingerprint density at radius 1 is 1.24 bits per heavy atom. The van der Waals surface area contributed by atoms with Gasteiger partial charge in [0.2, 0.25) is 0 Å². The Kier molecular flexibility index (Phi) is 6.22. The molecule has 33 heavy (non-hydrogen) atoms. The van der Waals surface area contributed by atoms with Crippen LogP contribution in [0.5, 0.6) is 5.75 Å². The molecule has 3 aliphatic rings. The van der Waals surface area contributed by atoms with Crippen LogP contribution < -0.4 is 4.74 Å². The van der Waals surface area contributed by atoms with Gasteiger partial charge in [-0.3, -0.25) is 4.55 Å². The van der Waals surface area contributed by atoms with Gasteiger partial charge >= 0.3 is 12.1 Å². The zero-order chi connectivity index (χ0) is 24.2. The number of hydrogen-bond acceptors (Lipinski definition) is 5. The standard InChI is InChI=1S/C23H29F3O6S/c1-13(2)22(12-15-10-19(22)17-5-3-4-16(15)17)32-20-11-14(6-7-18(20)23(24,25)26)21(27)31-8-9-33(28,29)30/h6-7,11,13,15-17,19H,3-5,8-10,12H2,1-2H3,(H,28,29,30). The van der Waals surface area contributed by atoms with E-state index in [1.54, 1.807) is 0 Å². The fourth-order valence-electron chi connectivity index (χ4n) is 6.53. The van der Waals surface area contributed by atoms with Crippen molar-refractivity contribution in [2.24, 2.45) is 29.6 Å². The van der Waals surface area contributed by atoms with Gasteiger partial charge in [0.15, 0.2) is 0 Å². The minimum atomic E-state index is -4.67. The van der Waals surface area contributed by atoms with Crippen LogP contribution in [-0.4, -0.2) is 36.9 Å². The third-order valence-electron chi connectivity index (χ3n) is 7.89. The van der Waals surface area contributed by atoms with Crippen molar-refractivity contribution < 1.29 is 40.4 Å². The topological polar surface area (TPSA) is 89.9 Å². The van der Waals surface area contributed by atoms with Gasteiger partial charge in [-0.1, -0.05) is 20.3 Å². The summed E-state index contributed by atoms with van der Waals surface area (Å²) in [6.45, 7) is 3.34. The molecule has 0 spiro atoms. The van der Waals surface area contributed by atoms with Gasteiger partial charge in [-0.2, -0.15) is 21.6 Å². The van der Waals surface area contributed by atoms with Crippen LogP contribution in [-0.2, 0) is 21.0 Å². The van der Waals surface area contributed by atoms with Crippen LogP contribution in [0.1, 0.15) is 61.9 Å². The molecule has 1 aromatic rings. The van der Waals surface area contributed by atoms with E-state index in [1.807, 2.05) is 13.8 Å². The Labute approximate surface area is 191 Å². The second-order valence-corrected chi connectivity index (χ2v) is 11.5. The van der Waals surface area contributed by atoms with Crippen LogP contribution in [0.25, 0.3) is 0 Å². The van der Waals surface area contributed by atoms with E-state index in [9.17, 15) is 26.4 Å². The summed E-state index contributed by atoms with van der Waals surface area (Å²) in [4.78, 5) is 12.3. The second-order valence-electron chi connectivity index (χ2n) is 9.91. The average molecular weight is 491 g/mol. The summed E-state index contributed by atoms with van der Waals surface area (Å²) < 4.78 is 83.0. The predicted octanol–water partition coefficient (Wildman–Crippen LogP) is 4.98. The van der Waals surface area contributed by atoms with Crippen molar-refractivity contribution in [3.05, 3.63) is 29.3 Å². The summed E-state index contributed by atoms with van der Waals surface area (Å²) in [6.07, 6.45) is 0.404. The fourth-order valence-corrected chi connectivity index (χ4v) is 6.82. The minimum Gasteiger partial charge on any atom is -0.486 e. The zero-order valence-corrected chi connectivity index (χ0v) is 19.4. The van der Waals surface area contributed by atoms with Gasteiger partial charge in [0, 0.05) is 5.92 Å². The van der Waals surface area contributed by atoms with Crippen LogP contribution in [0, 0.1) is 29.6 Å². The quantitative estimate of drug-likeness (QED) is 0.428. The van der Waals surface area contributed by atoms with Gasteiger partial charge in [-0.15, -0.1) is 0 Å². The first-order chi connectivity index (χ1) is 15.3. The Morgan fingerprint density at radius 3 is 2.58 bits per heavy atom. The Hall–Kier alpha value is -1.81. The van der Waals surface area contributed by atoms with Gasteiger partial charge in [-0.25, -0.2) is 4.79 Å². The van der Waals surface area contributed by atoms with E-state index in [1.165, 1.54) is 6.42 Å². The molecule has 3 saturated carbocycles. The number of hydrogen-bond donors (Lipinski definition) is 1. The molecule has 1 aromatic carbocycles. The molecule has 4 rings (SSSR count). The maximum Gasteiger partial charge on any atom is 0.419 e. The lowest BCUT2D eigenvalue weighted by atomic mass is 9.68. The van der Waals surface area contributed by atoms with Crippen LogP contribution in [0.15, 0.2) is 18.2 Å². The third-order valence-corrected chi connectivity index (χ3v) is 8.57. The van der Waals surface area contributed by atoms with Gasteiger partial charge in [-0.05, 0) is 67.6 Å². The summed E-state index contributed by atoms with van der Waals surface area (Å²) in [5.41, 5.74) is -1.86. The largest absolute Gasteiger partial charge is 0.486 e. The Balaban J connectivity index is 1.64. The van der Waals surface area contributed by atoms with Crippen molar-refractivity contribution in [3.63, 3.8) is 0 Å². The molecule has 6 nitrogen and oxygen atoms in total.